The normalized spacial score (nSPS) is 10.8. The van der Waals surface area contributed by atoms with Crippen LogP contribution in [-0.2, 0) is 0 Å². The number of anilines is 1. The van der Waals surface area contributed by atoms with E-state index in [-0.39, 0.29) is 11.7 Å². The van der Waals surface area contributed by atoms with Crippen LogP contribution < -0.4 is 5.32 Å². The maximum Gasteiger partial charge on any atom is 0.259 e. The Balaban J connectivity index is 1.95. The van der Waals surface area contributed by atoms with Crippen molar-refractivity contribution in [2.45, 2.75) is 13.8 Å². The van der Waals surface area contributed by atoms with Crippen LogP contribution in [0.25, 0.3) is 5.52 Å². The predicted octanol–water partition coefficient (Wildman–Crippen LogP) is 2.30. The van der Waals surface area contributed by atoms with Crippen molar-refractivity contribution < 1.29 is 9.90 Å². The number of fused-ring (bicyclic) bond motifs is 1. The van der Waals surface area contributed by atoms with E-state index in [0.29, 0.717) is 22.3 Å². The molecule has 0 bridgehead atoms. The van der Waals surface area contributed by atoms with E-state index in [1.807, 2.05) is 6.92 Å². The highest BCUT2D eigenvalue weighted by molar-refractivity contribution is 6.09. The molecule has 0 saturated heterocycles. The van der Waals surface area contributed by atoms with Gasteiger partial charge in [-0.05, 0) is 37.1 Å². The van der Waals surface area contributed by atoms with Crippen molar-refractivity contribution in [3.63, 3.8) is 0 Å². The first-order valence-corrected chi connectivity index (χ1v) is 6.45. The first-order chi connectivity index (χ1) is 10.1. The Hall–Kier alpha value is -2.89. The van der Waals surface area contributed by atoms with E-state index in [1.54, 1.807) is 42.2 Å². The van der Waals surface area contributed by atoms with E-state index in [9.17, 15) is 9.90 Å². The van der Waals surface area contributed by atoms with Crippen molar-refractivity contribution in [1.82, 2.24) is 14.6 Å². The molecule has 0 unspecified atom stereocenters. The first kappa shape index (κ1) is 13.1. The zero-order chi connectivity index (χ0) is 15.0. The summed E-state index contributed by atoms with van der Waals surface area (Å²) >= 11 is 0. The molecular weight excluding hydrogens is 268 g/mol. The molecule has 0 fully saturated rings. The third kappa shape index (κ3) is 2.31. The fraction of sp³-hybridized carbons (Fsp3) is 0.133. The number of rotatable bonds is 2. The summed E-state index contributed by atoms with van der Waals surface area (Å²) in [6.45, 7) is 3.61. The van der Waals surface area contributed by atoms with Crippen LogP contribution in [0.1, 0.15) is 21.5 Å². The summed E-state index contributed by atoms with van der Waals surface area (Å²) in [5.41, 5.74) is 3.26. The van der Waals surface area contributed by atoms with Crippen molar-refractivity contribution in [3.05, 3.63) is 53.6 Å². The molecule has 3 aromatic rings. The standard InChI is InChI=1S/C15H14N4O2/c1-9-6-14(20)10(2)5-12(9)18-15(21)11-7-17-19-4-3-16-8-13(11)19/h3-8,20H,1-2H3,(H,18,21). The number of aromatic hydroxyl groups is 1. The summed E-state index contributed by atoms with van der Waals surface area (Å²) < 4.78 is 1.59. The number of nitrogens with zero attached hydrogens (tertiary/aromatic N) is 3. The smallest absolute Gasteiger partial charge is 0.259 e. The van der Waals surface area contributed by atoms with Gasteiger partial charge in [-0.25, -0.2) is 4.52 Å². The largest absolute Gasteiger partial charge is 0.508 e. The summed E-state index contributed by atoms with van der Waals surface area (Å²) in [6, 6.07) is 3.37. The Labute approximate surface area is 121 Å². The lowest BCUT2D eigenvalue weighted by atomic mass is 10.1. The third-order valence-electron chi connectivity index (χ3n) is 3.36. The van der Waals surface area contributed by atoms with Gasteiger partial charge in [-0.15, -0.1) is 0 Å². The van der Waals surface area contributed by atoms with Gasteiger partial charge < -0.3 is 10.4 Å². The van der Waals surface area contributed by atoms with Gasteiger partial charge in [0.05, 0.1) is 23.5 Å². The van der Waals surface area contributed by atoms with Crippen LogP contribution >= 0.6 is 0 Å². The Kier molecular flexibility index (Phi) is 3.06. The van der Waals surface area contributed by atoms with Gasteiger partial charge in [0.1, 0.15) is 5.75 Å². The zero-order valence-corrected chi connectivity index (χ0v) is 11.7. The average molecular weight is 282 g/mol. The molecule has 0 aliphatic rings. The van der Waals surface area contributed by atoms with E-state index in [4.69, 9.17) is 0 Å². The quantitative estimate of drug-likeness (QED) is 0.707. The summed E-state index contributed by atoms with van der Waals surface area (Å²) in [4.78, 5) is 16.4. The fourth-order valence-electron chi connectivity index (χ4n) is 2.13. The maximum absolute atomic E-state index is 12.4. The molecule has 1 aromatic carbocycles. The number of aryl methyl sites for hydroxylation is 2. The number of hydrogen-bond acceptors (Lipinski definition) is 4. The van der Waals surface area contributed by atoms with E-state index < -0.39 is 0 Å². The molecule has 2 heterocycles. The number of phenolic OH excluding ortho intramolecular Hbond substituents is 1. The predicted molar refractivity (Wildman–Crippen MR) is 78.5 cm³/mol. The second-order valence-corrected chi connectivity index (χ2v) is 4.87. The molecule has 6 heteroatoms. The Bertz CT molecular complexity index is 839. The SMILES string of the molecule is Cc1cc(NC(=O)c2cnn3ccncc23)c(C)cc1O. The molecule has 3 rings (SSSR count). The van der Waals surface area contributed by atoms with E-state index in [1.165, 1.54) is 6.20 Å². The van der Waals surface area contributed by atoms with Crippen LogP contribution in [0, 0.1) is 13.8 Å². The molecule has 2 N–H and O–H groups in total. The summed E-state index contributed by atoms with van der Waals surface area (Å²) in [6.07, 6.45) is 6.39. The minimum atomic E-state index is -0.258. The summed E-state index contributed by atoms with van der Waals surface area (Å²) in [7, 11) is 0. The minimum Gasteiger partial charge on any atom is -0.508 e. The molecule has 21 heavy (non-hydrogen) atoms. The molecule has 1 amide bonds. The number of hydrogen-bond donors (Lipinski definition) is 2. The molecule has 106 valence electrons. The van der Waals surface area contributed by atoms with Crippen LogP contribution in [0.5, 0.6) is 5.75 Å². The Morgan fingerprint density at radius 3 is 2.86 bits per heavy atom. The van der Waals surface area contributed by atoms with Gasteiger partial charge in [-0.1, -0.05) is 0 Å². The molecule has 0 aliphatic carbocycles. The molecule has 0 radical (unpaired) electrons. The van der Waals surface area contributed by atoms with Gasteiger partial charge in [0.25, 0.3) is 5.91 Å². The molecule has 0 spiro atoms. The van der Waals surface area contributed by atoms with Crippen LogP contribution in [0.4, 0.5) is 5.69 Å². The highest BCUT2D eigenvalue weighted by Crippen LogP contribution is 2.25. The van der Waals surface area contributed by atoms with Gasteiger partial charge in [0.15, 0.2) is 0 Å². The van der Waals surface area contributed by atoms with E-state index in [0.717, 1.165) is 5.56 Å². The molecule has 0 saturated carbocycles. The monoisotopic (exact) mass is 282 g/mol. The topological polar surface area (TPSA) is 79.5 Å². The van der Waals surface area contributed by atoms with Crippen molar-refractivity contribution in [2.24, 2.45) is 0 Å². The van der Waals surface area contributed by atoms with Crippen LogP contribution in [0.15, 0.2) is 36.9 Å². The van der Waals surface area contributed by atoms with E-state index >= 15 is 0 Å². The second-order valence-electron chi connectivity index (χ2n) is 4.87. The molecule has 0 atom stereocenters. The lowest BCUT2D eigenvalue weighted by Gasteiger charge is -2.10. The summed E-state index contributed by atoms with van der Waals surface area (Å²) in [5.74, 6) is -0.0446. The highest BCUT2D eigenvalue weighted by Gasteiger charge is 2.14. The number of amides is 1. The zero-order valence-electron chi connectivity index (χ0n) is 11.7. The number of phenols is 1. The van der Waals surface area contributed by atoms with Crippen molar-refractivity contribution in [3.8, 4) is 5.75 Å². The van der Waals surface area contributed by atoms with Crippen molar-refractivity contribution in [1.29, 1.82) is 0 Å². The summed E-state index contributed by atoms with van der Waals surface area (Å²) in [5, 5.41) is 16.6. The van der Waals surface area contributed by atoms with Crippen molar-refractivity contribution in [2.75, 3.05) is 5.32 Å². The lowest BCUT2D eigenvalue weighted by Crippen LogP contribution is -2.12. The van der Waals surface area contributed by atoms with E-state index in [2.05, 4.69) is 15.4 Å². The molecule has 0 aliphatic heterocycles. The average Bonchev–Trinajstić information content (AvgIpc) is 2.88. The second kappa shape index (κ2) is 4.90. The maximum atomic E-state index is 12.4. The number of aromatic nitrogens is 3. The van der Waals surface area contributed by atoms with Crippen molar-refractivity contribution >= 4 is 17.1 Å². The van der Waals surface area contributed by atoms with Gasteiger partial charge >= 0.3 is 0 Å². The first-order valence-electron chi connectivity index (χ1n) is 6.45. The fourth-order valence-corrected chi connectivity index (χ4v) is 2.13. The number of carbonyl (C=O) groups excluding carboxylic acids is 1. The van der Waals surface area contributed by atoms with Gasteiger partial charge in [0.2, 0.25) is 0 Å². The van der Waals surface area contributed by atoms with Gasteiger partial charge in [-0.3, -0.25) is 9.78 Å². The molecular formula is C15H14N4O2. The van der Waals surface area contributed by atoms with Crippen LogP contribution in [-0.4, -0.2) is 25.6 Å². The number of nitrogens with one attached hydrogen (secondary N) is 1. The molecule has 2 aromatic heterocycles. The Morgan fingerprint density at radius 1 is 1.24 bits per heavy atom. The lowest BCUT2D eigenvalue weighted by molar-refractivity contribution is 0.102. The van der Waals surface area contributed by atoms with Crippen LogP contribution in [0.2, 0.25) is 0 Å². The number of benzene rings is 1. The van der Waals surface area contributed by atoms with Gasteiger partial charge in [0, 0.05) is 18.1 Å². The minimum absolute atomic E-state index is 0.214. The number of carbonyl (C=O) groups is 1. The van der Waals surface area contributed by atoms with Gasteiger partial charge in [-0.2, -0.15) is 5.10 Å². The Morgan fingerprint density at radius 2 is 2.05 bits per heavy atom. The molecule has 6 nitrogen and oxygen atoms in total. The van der Waals surface area contributed by atoms with Crippen LogP contribution in [0.3, 0.4) is 0 Å². The highest BCUT2D eigenvalue weighted by atomic mass is 16.3. The third-order valence-corrected chi connectivity index (χ3v) is 3.36.